The van der Waals surface area contributed by atoms with Crippen LogP contribution in [0.25, 0.3) is 33.4 Å². The first-order valence-electron chi connectivity index (χ1n) is 11.3. The van der Waals surface area contributed by atoms with Crippen molar-refractivity contribution in [1.82, 2.24) is 25.6 Å². The molecule has 0 spiro atoms. The molecule has 7 heteroatoms. The maximum absolute atomic E-state index is 6.32. The van der Waals surface area contributed by atoms with Gasteiger partial charge in [-0.15, -0.1) is 10.2 Å². The van der Waals surface area contributed by atoms with E-state index >= 15 is 0 Å². The van der Waals surface area contributed by atoms with Gasteiger partial charge in [0, 0.05) is 42.5 Å². The van der Waals surface area contributed by atoms with Gasteiger partial charge in [-0.05, 0) is 46.5 Å². The van der Waals surface area contributed by atoms with Crippen LogP contribution in [0.15, 0.2) is 72.8 Å². The molecule has 0 amide bonds. The molecule has 7 nitrogen and oxygen atoms in total. The fourth-order valence-corrected chi connectivity index (χ4v) is 3.96. The van der Waals surface area contributed by atoms with E-state index < -0.39 is 0 Å². The van der Waals surface area contributed by atoms with E-state index in [9.17, 15) is 0 Å². The third-order valence-electron chi connectivity index (χ3n) is 5.86. The summed E-state index contributed by atoms with van der Waals surface area (Å²) in [6.07, 6.45) is 0.857. The van der Waals surface area contributed by atoms with Gasteiger partial charge in [-0.1, -0.05) is 55.5 Å². The van der Waals surface area contributed by atoms with Crippen molar-refractivity contribution in [3.63, 3.8) is 0 Å². The summed E-state index contributed by atoms with van der Waals surface area (Å²) >= 11 is 0. The van der Waals surface area contributed by atoms with Gasteiger partial charge in [0.2, 0.25) is 5.82 Å². The van der Waals surface area contributed by atoms with Crippen molar-refractivity contribution in [3.05, 3.63) is 84.1 Å². The van der Waals surface area contributed by atoms with Crippen LogP contribution in [0.5, 0.6) is 5.75 Å². The Hall–Kier alpha value is -4.26. The van der Waals surface area contributed by atoms with Crippen LogP contribution in [0.3, 0.4) is 0 Å². The van der Waals surface area contributed by atoms with Gasteiger partial charge in [0.25, 0.3) is 0 Å². The lowest BCUT2D eigenvalue weighted by Gasteiger charge is -2.16. The molecule has 0 fully saturated rings. The Balaban J connectivity index is 1.40. The smallest absolute Gasteiger partial charge is 0.205 e. The highest BCUT2D eigenvalue weighted by Crippen LogP contribution is 2.32. The number of fused-ring (bicyclic) bond motifs is 1. The number of anilines is 1. The maximum atomic E-state index is 6.32. The van der Waals surface area contributed by atoms with Crippen LogP contribution in [0.4, 0.5) is 5.69 Å². The summed E-state index contributed by atoms with van der Waals surface area (Å²) in [6.45, 7) is 2.58. The van der Waals surface area contributed by atoms with Crippen molar-refractivity contribution in [1.29, 1.82) is 0 Å². The first-order valence-corrected chi connectivity index (χ1v) is 11.3. The van der Waals surface area contributed by atoms with Crippen LogP contribution in [0.1, 0.15) is 18.2 Å². The highest BCUT2D eigenvalue weighted by Gasteiger charge is 2.12. The monoisotopic (exact) mass is 450 g/mol. The van der Waals surface area contributed by atoms with Crippen LogP contribution in [-0.4, -0.2) is 39.7 Å². The second-order valence-electron chi connectivity index (χ2n) is 8.33. The molecule has 0 aliphatic heterocycles. The molecular formula is C27H26N6O. The second-order valence-corrected chi connectivity index (χ2v) is 8.33. The zero-order valence-electron chi connectivity index (χ0n) is 19.5. The molecule has 2 heterocycles. The van der Waals surface area contributed by atoms with E-state index in [1.807, 2.05) is 32.3 Å². The number of aryl methyl sites for hydroxylation is 1. The molecule has 0 atom stereocenters. The minimum atomic E-state index is 0.473. The number of benzene rings is 3. The van der Waals surface area contributed by atoms with Crippen molar-refractivity contribution in [2.75, 3.05) is 19.0 Å². The lowest BCUT2D eigenvalue weighted by molar-refractivity contribution is 0.309. The number of tetrazole rings is 1. The molecule has 0 saturated heterocycles. The largest absolute Gasteiger partial charge is 0.488 e. The predicted molar refractivity (Wildman–Crippen MR) is 135 cm³/mol. The van der Waals surface area contributed by atoms with Gasteiger partial charge in [0.1, 0.15) is 12.4 Å². The van der Waals surface area contributed by atoms with Crippen LogP contribution in [0, 0.1) is 0 Å². The number of nitrogens with one attached hydrogen (secondary N) is 1. The van der Waals surface area contributed by atoms with E-state index in [-0.39, 0.29) is 0 Å². The Labute approximate surface area is 198 Å². The fourth-order valence-electron chi connectivity index (χ4n) is 3.96. The molecular weight excluding hydrogens is 424 g/mol. The third-order valence-corrected chi connectivity index (χ3v) is 5.86. The number of hydrogen-bond donors (Lipinski definition) is 1. The predicted octanol–water partition coefficient (Wildman–Crippen LogP) is 5.29. The van der Waals surface area contributed by atoms with E-state index in [0.717, 1.165) is 56.7 Å². The summed E-state index contributed by atoms with van der Waals surface area (Å²) in [6, 6.07) is 24.8. The Bertz CT molecular complexity index is 1410. The van der Waals surface area contributed by atoms with Gasteiger partial charge < -0.3 is 9.64 Å². The van der Waals surface area contributed by atoms with Crippen molar-refractivity contribution in [2.24, 2.45) is 0 Å². The standard InChI is InChI=1S/C27H26N6O/c1-4-20-15-26(24-16-21(33(2)3)13-14-25(24)28-20)34-17-18-9-11-19(12-10-18)22-7-5-6-8-23(22)27-29-31-32-30-27/h5-16H,4,17H2,1-3H3,(H,29,30,31,32). The molecule has 34 heavy (non-hydrogen) atoms. The first kappa shape index (κ1) is 21.6. The molecule has 2 aromatic heterocycles. The van der Waals surface area contributed by atoms with Crippen molar-refractivity contribution >= 4 is 16.6 Å². The summed E-state index contributed by atoms with van der Waals surface area (Å²) < 4.78 is 6.32. The average Bonchev–Trinajstić information content (AvgIpc) is 3.42. The number of aromatic nitrogens is 5. The Morgan fingerprint density at radius 3 is 2.41 bits per heavy atom. The SMILES string of the molecule is CCc1cc(OCc2ccc(-c3ccccc3-c3nn[nH]n3)cc2)c2cc(N(C)C)ccc2n1. The van der Waals surface area contributed by atoms with E-state index in [4.69, 9.17) is 9.72 Å². The van der Waals surface area contributed by atoms with E-state index in [1.54, 1.807) is 0 Å². The Kier molecular flexibility index (Phi) is 5.91. The third kappa shape index (κ3) is 4.32. The number of ether oxygens (including phenoxy) is 1. The molecule has 0 saturated carbocycles. The maximum Gasteiger partial charge on any atom is 0.205 e. The van der Waals surface area contributed by atoms with E-state index in [0.29, 0.717) is 12.4 Å². The zero-order chi connectivity index (χ0) is 23.5. The van der Waals surface area contributed by atoms with Crippen LogP contribution < -0.4 is 9.64 Å². The van der Waals surface area contributed by atoms with Crippen molar-refractivity contribution in [2.45, 2.75) is 20.0 Å². The van der Waals surface area contributed by atoms with Gasteiger partial charge in [-0.25, -0.2) is 0 Å². The molecule has 1 N–H and O–H groups in total. The number of H-pyrrole nitrogens is 1. The quantitative estimate of drug-likeness (QED) is 0.363. The Morgan fingerprint density at radius 2 is 1.71 bits per heavy atom. The Morgan fingerprint density at radius 1 is 0.912 bits per heavy atom. The fraction of sp³-hybridized carbons (Fsp3) is 0.185. The summed E-state index contributed by atoms with van der Waals surface area (Å²) in [5.41, 5.74) is 7.26. The molecule has 5 rings (SSSR count). The normalized spacial score (nSPS) is 11.0. The van der Waals surface area contributed by atoms with Crippen LogP contribution in [0.2, 0.25) is 0 Å². The number of pyridine rings is 1. The topological polar surface area (TPSA) is 79.8 Å². The molecule has 0 bridgehead atoms. The van der Waals surface area contributed by atoms with Gasteiger partial charge in [-0.2, -0.15) is 5.21 Å². The zero-order valence-corrected chi connectivity index (χ0v) is 19.5. The average molecular weight is 451 g/mol. The lowest BCUT2D eigenvalue weighted by Crippen LogP contribution is -2.08. The number of nitrogens with zero attached hydrogens (tertiary/aromatic N) is 5. The van der Waals surface area contributed by atoms with Gasteiger partial charge >= 0.3 is 0 Å². The highest BCUT2D eigenvalue weighted by molar-refractivity contribution is 5.88. The number of hydrogen-bond acceptors (Lipinski definition) is 6. The number of aromatic amines is 1. The van der Waals surface area contributed by atoms with E-state index in [2.05, 4.69) is 87.0 Å². The van der Waals surface area contributed by atoms with Crippen molar-refractivity contribution in [3.8, 4) is 28.3 Å². The molecule has 3 aromatic carbocycles. The summed E-state index contributed by atoms with van der Waals surface area (Å²) in [5, 5.41) is 15.5. The van der Waals surface area contributed by atoms with Crippen LogP contribution >= 0.6 is 0 Å². The van der Waals surface area contributed by atoms with Gasteiger partial charge in [0.05, 0.1) is 5.52 Å². The summed E-state index contributed by atoms with van der Waals surface area (Å²) in [4.78, 5) is 6.85. The highest BCUT2D eigenvalue weighted by atomic mass is 16.5. The summed E-state index contributed by atoms with van der Waals surface area (Å²) in [5.74, 6) is 1.44. The minimum absolute atomic E-state index is 0.473. The minimum Gasteiger partial charge on any atom is -0.488 e. The first-order chi connectivity index (χ1) is 16.6. The molecule has 0 aliphatic carbocycles. The van der Waals surface area contributed by atoms with Crippen molar-refractivity contribution < 1.29 is 4.74 Å². The molecule has 0 radical (unpaired) electrons. The second kappa shape index (κ2) is 9.31. The van der Waals surface area contributed by atoms with Crippen LogP contribution in [-0.2, 0) is 13.0 Å². The lowest BCUT2D eigenvalue weighted by atomic mass is 9.98. The summed E-state index contributed by atoms with van der Waals surface area (Å²) in [7, 11) is 4.07. The molecule has 0 aliphatic rings. The molecule has 0 unspecified atom stereocenters. The van der Waals surface area contributed by atoms with Gasteiger partial charge in [-0.3, -0.25) is 4.98 Å². The van der Waals surface area contributed by atoms with E-state index in [1.165, 1.54) is 0 Å². The van der Waals surface area contributed by atoms with Gasteiger partial charge in [0.15, 0.2) is 0 Å². The number of rotatable bonds is 7. The molecule has 170 valence electrons. The molecule has 5 aromatic rings.